The predicted molar refractivity (Wildman–Crippen MR) is 120 cm³/mol. The maximum atomic E-state index is 12.5. The molecule has 0 bridgehead atoms. The fourth-order valence-electron chi connectivity index (χ4n) is 3.83. The van der Waals surface area contributed by atoms with Gasteiger partial charge in [0.25, 0.3) is 0 Å². The molecule has 0 aliphatic carbocycles. The highest BCUT2D eigenvalue weighted by atomic mass is 32.2. The van der Waals surface area contributed by atoms with Crippen molar-refractivity contribution >= 4 is 29.2 Å². The van der Waals surface area contributed by atoms with Gasteiger partial charge in [0.2, 0.25) is 5.91 Å². The zero-order chi connectivity index (χ0) is 21.8. The molecule has 0 radical (unpaired) electrons. The molecule has 2 aliphatic rings. The lowest BCUT2D eigenvalue weighted by atomic mass is 9.89. The Morgan fingerprint density at radius 3 is 2.71 bits per heavy atom. The SMILES string of the molecule is CC1(C)Cc2c(C#N)c(SCC(=O)Nc3ccccc3)nc(N3CCOCC3)c2CO1. The molecule has 162 valence electrons. The number of carbonyl (C=O) groups is 1. The number of morpholine rings is 1. The Balaban J connectivity index is 1.63. The molecule has 1 aromatic heterocycles. The van der Waals surface area contributed by atoms with Crippen LogP contribution >= 0.6 is 11.8 Å². The van der Waals surface area contributed by atoms with E-state index < -0.39 is 0 Å². The molecule has 1 N–H and O–H groups in total. The molecule has 3 heterocycles. The van der Waals surface area contributed by atoms with Crippen LogP contribution in [0.25, 0.3) is 0 Å². The lowest BCUT2D eigenvalue weighted by Gasteiger charge is -2.36. The van der Waals surface area contributed by atoms with Gasteiger partial charge in [-0.15, -0.1) is 0 Å². The largest absolute Gasteiger partial charge is 0.378 e. The number of rotatable bonds is 5. The van der Waals surface area contributed by atoms with Crippen molar-refractivity contribution in [1.29, 1.82) is 5.26 Å². The molecule has 2 aliphatic heterocycles. The van der Waals surface area contributed by atoms with Crippen LogP contribution in [0.4, 0.5) is 11.5 Å². The van der Waals surface area contributed by atoms with Crippen LogP contribution in [-0.2, 0) is 27.3 Å². The summed E-state index contributed by atoms with van der Waals surface area (Å²) in [5, 5.41) is 13.5. The lowest BCUT2D eigenvalue weighted by molar-refractivity contribution is -0.113. The Labute approximate surface area is 186 Å². The van der Waals surface area contributed by atoms with Gasteiger partial charge in [-0.25, -0.2) is 4.98 Å². The van der Waals surface area contributed by atoms with Gasteiger partial charge in [-0.2, -0.15) is 5.26 Å². The maximum Gasteiger partial charge on any atom is 0.234 e. The molecule has 7 nitrogen and oxygen atoms in total. The number of ether oxygens (including phenoxy) is 2. The van der Waals surface area contributed by atoms with Crippen LogP contribution in [0.2, 0.25) is 0 Å². The minimum atomic E-state index is -0.352. The molecule has 1 fully saturated rings. The first-order valence-electron chi connectivity index (χ1n) is 10.4. The van der Waals surface area contributed by atoms with E-state index in [1.807, 2.05) is 44.2 Å². The van der Waals surface area contributed by atoms with E-state index in [0.717, 1.165) is 35.7 Å². The summed E-state index contributed by atoms with van der Waals surface area (Å²) in [6.45, 7) is 7.27. The van der Waals surface area contributed by atoms with E-state index in [1.165, 1.54) is 11.8 Å². The molecule has 0 unspecified atom stereocenters. The van der Waals surface area contributed by atoms with Crippen LogP contribution in [0.5, 0.6) is 0 Å². The Morgan fingerprint density at radius 2 is 2.00 bits per heavy atom. The second-order valence-electron chi connectivity index (χ2n) is 8.21. The summed E-state index contributed by atoms with van der Waals surface area (Å²) in [6.07, 6.45) is 0.634. The molecule has 1 amide bonds. The number of pyridine rings is 1. The molecule has 1 aromatic carbocycles. The third kappa shape index (κ3) is 5.01. The smallest absolute Gasteiger partial charge is 0.234 e. The highest BCUT2D eigenvalue weighted by Gasteiger charge is 2.33. The second-order valence-corrected chi connectivity index (χ2v) is 9.18. The quantitative estimate of drug-likeness (QED) is 0.716. The van der Waals surface area contributed by atoms with Crippen molar-refractivity contribution in [3.05, 3.63) is 47.0 Å². The summed E-state index contributed by atoms with van der Waals surface area (Å²) in [4.78, 5) is 19.5. The fourth-order valence-corrected chi connectivity index (χ4v) is 4.64. The van der Waals surface area contributed by atoms with Gasteiger partial charge in [0.15, 0.2) is 0 Å². The molecule has 1 saturated heterocycles. The Morgan fingerprint density at radius 1 is 1.26 bits per heavy atom. The molecule has 0 saturated carbocycles. The molecule has 0 spiro atoms. The second kappa shape index (κ2) is 9.27. The number of hydrogen-bond donors (Lipinski definition) is 1. The van der Waals surface area contributed by atoms with Crippen molar-refractivity contribution in [3.63, 3.8) is 0 Å². The van der Waals surface area contributed by atoms with Crippen molar-refractivity contribution < 1.29 is 14.3 Å². The zero-order valence-corrected chi connectivity index (χ0v) is 18.6. The summed E-state index contributed by atoms with van der Waals surface area (Å²) in [5.41, 5.74) is 2.92. The van der Waals surface area contributed by atoms with Crippen molar-refractivity contribution in [2.24, 2.45) is 0 Å². The number of nitriles is 1. The van der Waals surface area contributed by atoms with Crippen LogP contribution in [0.3, 0.4) is 0 Å². The van der Waals surface area contributed by atoms with Crippen LogP contribution in [0, 0.1) is 11.3 Å². The summed E-state index contributed by atoms with van der Waals surface area (Å²) in [6, 6.07) is 11.7. The van der Waals surface area contributed by atoms with Crippen molar-refractivity contribution in [2.75, 3.05) is 42.3 Å². The van der Waals surface area contributed by atoms with Gasteiger partial charge in [-0.3, -0.25) is 4.79 Å². The number of aromatic nitrogens is 1. The molecule has 8 heteroatoms. The van der Waals surface area contributed by atoms with Crippen LogP contribution in [-0.4, -0.2) is 48.5 Å². The average molecular weight is 439 g/mol. The summed E-state index contributed by atoms with van der Waals surface area (Å²) in [7, 11) is 0. The molecule has 0 atom stereocenters. The minimum Gasteiger partial charge on any atom is -0.378 e. The first kappa shape index (κ1) is 21.6. The first-order valence-corrected chi connectivity index (χ1v) is 11.4. The first-order chi connectivity index (χ1) is 15.0. The minimum absolute atomic E-state index is 0.129. The summed E-state index contributed by atoms with van der Waals surface area (Å²) in [5.74, 6) is 0.896. The molecular weight excluding hydrogens is 412 g/mol. The van der Waals surface area contributed by atoms with Gasteiger partial charge >= 0.3 is 0 Å². The number of para-hydroxylation sites is 1. The third-order valence-electron chi connectivity index (χ3n) is 5.39. The Bertz CT molecular complexity index is 998. The standard InChI is InChI=1S/C23H26N4O3S/c1-23(2)12-17-18(13-24)22(31-15-20(28)25-16-6-4-3-5-7-16)26-21(19(17)14-30-23)27-8-10-29-11-9-27/h3-7H,8-12,14-15H2,1-2H3,(H,25,28). The van der Waals surface area contributed by atoms with E-state index in [1.54, 1.807) is 0 Å². The maximum absolute atomic E-state index is 12.5. The van der Waals surface area contributed by atoms with Gasteiger partial charge in [0.05, 0.1) is 36.7 Å². The number of thioether (sulfide) groups is 1. The van der Waals surface area contributed by atoms with E-state index in [2.05, 4.69) is 16.3 Å². The van der Waals surface area contributed by atoms with Gasteiger partial charge in [0.1, 0.15) is 16.9 Å². The Kier molecular flexibility index (Phi) is 6.46. The van der Waals surface area contributed by atoms with Gasteiger partial charge in [-0.1, -0.05) is 30.0 Å². The number of amides is 1. The predicted octanol–water partition coefficient (Wildman–Crippen LogP) is 3.37. The van der Waals surface area contributed by atoms with E-state index in [0.29, 0.717) is 36.8 Å². The monoisotopic (exact) mass is 438 g/mol. The highest BCUT2D eigenvalue weighted by molar-refractivity contribution is 8.00. The number of benzene rings is 1. The highest BCUT2D eigenvalue weighted by Crippen LogP contribution is 2.38. The summed E-state index contributed by atoms with van der Waals surface area (Å²) >= 11 is 1.31. The van der Waals surface area contributed by atoms with Crippen molar-refractivity contribution in [1.82, 2.24) is 4.98 Å². The number of hydrogen-bond acceptors (Lipinski definition) is 7. The number of nitrogens with one attached hydrogen (secondary N) is 1. The van der Waals surface area contributed by atoms with E-state index in [9.17, 15) is 10.1 Å². The van der Waals surface area contributed by atoms with E-state index >= 15 is 0 Å². The summed E-state index contributed by atoms with van der Waals surface area (Å²) < 4.78 is 11.5. The average Bonchev–Trinajstić information content (AvgIpc) is 2.77. The van der Waals surface area contributed by atoms with E-state index in [4.69, 9.17) is 14.5 Å². The van der Waals surface area contributed by atoms with Gasteiger partial charge in [0, 0.05) is 30.8 Å². The number of carbonyl (C=O) groups excluding carboxylic acids is 1. The van der Waals surface area contributed by atoms with Crippen LogP contribution < -0.4 is 10.2 Å². The molecule has 4 rings (SSSR count). The number of nitrogens with zero attached hydrogens (tertiary/aromatic N) is 3. The normalized spacial score (nSPS) is 17.5. The third-order valence-corrected chi connectivity index (χ3v) is 6.36. The fraction of sp³-hybridized carbons (Fsp3) is 0.435. The lowest BCUT2D eigenvalue weighted by Crippen LogP contribution is -2.39. The van der Waals surface area contributed by atoms with Crippen LogP contribution in [0.15, 0.2) is 35.4 Å². The van der Waals surface area contributed by atoms with Gasteiger partial charge in [-0.05, 0) is 31.5 Å². The van der Waals surface area contributed by atoms with Crippen molar-refractivity contribution in [2.45, 2.75) is 37.5 Å². The zero-order valence-electron chi connectivity index (χ0n) is 17.8. The van der Waals surface area contributed by atoms with E-state index in [-0.39, 0.29) is 17.3 Å². The topological polar surface area (TPSA) is 87.5 Å². The number of anilines is 2. The van der Waals surface area contributed by atoms with Crippen molar-refractivity contribution in [3.8, 4) is 6.07 Å². The molecular formula is C23H26N4O3S. The van der Waals surface area contributed by atoms with Gasteiger partial charge < -0.3 is 19.7 Å². The molecule has 2 aromatic rings. The number of fused-ring (bicyclic) bond motifs is 1. The Hall–Kier alpha value is -2.60. The molecule has 31 heavy (non-hydrogen) atoms. The van der Waals surface area contributed by atoms with Crippen LogP contribution in [0.1, 0.15) is 30.5 Å².